The monoisotopic (exact) mass is 314 g/mol. The number of rotatable bonds is 6. The molecule has 1 aliphatic rings. The van der Waals surface area contributed by atoms with Gasteiger partial charge in [-0.15, -0.1) is 0 Å². The first-order chi connectivity index (χ1) is 9.61. The number of nitrogens with one attached hydrogen (secondary N) is 2. The molecule has 0 atom stereocenters. The molecule has 0 unspecified atom stereocenters. The maximum Gasteiger partial charge on any atom is 0.246 e. The molecule has 1 aromatic heterocycles. The van der Waals surface area contributed by atoms with Crippen molar-refractivity contribution in [3.05, 3.63) is 11.4 Å². The fourth-order valence-electron chi connectivity index (χ4n) is 2.37. The van der Waals surface area contributed by atoms with Gasteiger partial charge in [0.05, 0.1) is 11.4 Å². The van der Waals surface area contributed by atoms with E-state index in [1.807, 2.05) is 20.8 Å². The molecule has 2 N–H and O–H groups in total. The van der Waals surface area contributed by atoms with Crippen molar-refractivity contribution >= 4 is 10.0 Å². The Morgan fingerprint density at radius 1 is 1.38 bits per heavy atom. The molecule has 0 aliphatic heterocycles. The van der Waals surface area contributed by atoms with Crippen LogP contribution in [0.4, 0.5) is 0 Å². The Labute approximate surface area is 127 Å². The first kappa shape index (κ1) is 16.5. The van der Waals surface area contributed by atoms with Gasteiger partial charge < -0.3 is 5.32 Å². The second kappa shape index (κ2) is 5.70. The molecule has 6 nitrogen and oxygen atoms in total. The van der Waals surface area contributed by atoms with Crippen LogP contribution < -0.4 is 5.32 Å². The van der Waals surface area contributed by atoms with Crippen LogP contribution in [0.15, 0.2) is 4.90 Å². The SMILES string of the molecule is Cc1[nH]nc(CNC2CC2)c1S(=O)(=O)N(C)CC(C)(C)C. The molecule has 21 heavy (non-hydrogen) atoms. The fraction of sp³-hybridized carbons (Fsp3) is 0.786. The molecule has 120 valence electrons. The molecule has 0 spiro atoms. The maximum absolute atomic E-state index is 12.8. The van der Waals surface area contributed by atoms with E-state index in [0.717, 1.165) is 12.8 Å². The molecule has 0 saturated heterocycles. The molecule has 7 heteroatoms. The van der Waals surface area contributed by atoms with E-state index in [1.54, 1.807) is 14.0 Å². The second-order valence-electron chi connectivity index (χ2n) is 7.10. The highest BCUT2D eigenvalue weighted by Gasteiger charge is 2.31. The molecule has 1 aliphatic carbocycles. The summed E-state index contributed by atoms with van der Waals surface area (Å²) in [4.78, 5) is 0.322. The number of H-pyrrole nitrogens is 1. The molecule has 2 rings (SSSR count). The van der Waals surface area contributed by atoms with Crippen molar-refractivity contribution in [2.45, 2.75) is 58.0 Å². The van der Waals surface area contributed by atoms with Crippen molar-refractivity contribution in [2.75, 3.05) is 13.6 Å². The van der Waals surface area contributed by atoms with Crippen LogP contribution >= 0.6 is 0 Å². The van der Waals surface area contributed by atoms with Gasteiger partial charge in [-0.1, -0.05) is 20.8 Å². The summed E-state index contributed by atoms with van der Waals surface area (Å²) in [5, 5.41) is 10.3. The Balaban J connectivity index is 2.23. The highest BCUT2D eigenvalue weighted by molar-refractivity contribution is 7.89. The molecule has 0 radical (unpaired) electrons. The predicted molar refractivity (Wildman–Crippen MR) is 82.5 cm³/mol. The van der Waals surface area contributed by atoms with E-state index in [2.05, 4.69) is 15.5 Å². The molecule has 1 fully saturated rings. The first-order valence-electron chi connectivity index (χ1n) is 7.35. The lowest BCUT2D eigenvalue weighted by atomic mass is 9.97. The summed E-state index contributed by atoms with van der Waals surface area (Å²) in [5.74, 6) is 0. The van der Waals surface area contributed by atoms with Crippen LogP contribution in [0.2, 0.25) is 0 Å². The summed E-state index contributed by atoms with van der Waals surface area (Å²) in [5.41, 5.74) is 1.09. The van der Waals surface area contributed by atoms with E-state index < -0.39 is 10.0 Å². The zero-order valence-electron chi connectivity index (χ0n) is 13.5. The van der Waals surface area contributed by atoms with E-state index in [4.69, 9.17) is 0 Å². The van der Waals surface area contributed by atoms with Crippen LogP contribution in [0.5, 0.6) is 0 Å². The Hall–Kier alpha value is -0.920. The average molecular weight is 314 g/mol. The van der Waals surface area contributed by atoms with Gasteiger partial charge in [-0.3, -0.25) is 5.10 Å². The standard InChI is InChI=1S/C14H26N4O2S/c1-10-13(12(17-16-10)8-15-11-6-7-11)21(19,20)18(5)9-14(2,3)4/h11,15H,6-9H2,1-5H3,(H,16,17). The van der Waals surface area contributed by atoms with Crippen molar-refractivity contribution in [1.29, 1.82) is 0 Å². The highest BCUT2D eigenvalue weighted by atomic mass is 32.2. The Bertz CT molecular complexity index is 597. The van der Waals surface area contributed by atoms with Crippen molar-refractivity contribution in [3.8, 4) is 0 Å². The van der Waals surface area contributed by atoms with E-state index in [-0.39, 0.29) is 5.41 Å². The minimum absolute atomic E-state index is 0.0914. The van der Waals surface area contributed by atoms with Crippen LogP contribution in [0.3, 0.4) is 0 Å². The van der Waals surface area contributed by atoms with Crippen LogP contribution in [0.1, 0.15) is 45.0 Å². The summed E-state index contributed by atoms with van der Waals surface area (Å²) >= 11 is 0. The van der Waals surface area contributed by atoms with Crippen LogP contribution in [0.25, 0.3) is 0 Å². The topological polar surface area (TPSA) is 78.1 Å². The Morgan fingerprint density at radius 3 is 2.52 bits per heavy atom. The number of hydrogen-bond acceptors (Lipinski definition) is 4. The van der Waals surface area contributed by atoms with Crippen LogP contribution in [0, 0.1) is 12.3 Å². The fourth-order valence-corrected chi connectivity index (χ4v) is 4.09. The summed E-state index contributed by atoms with van der Waals surface area (Å²) < 4.78 is 27.0. The van der Waals surface area contributed by atoms with Gasteiger partial charge in [-0.25, -0.2) is 12.7 Å². The summed E-state index contributed by atoms with van der Waals surface area (Å²) in [6.45, 7) is 8.79. The van der Waals surface area contributed by atoms with Gasteiger partial charge in [0.1, 0.15) is 4.90 Å². The second-order valence-corrected chi connectivity index (χ2v) is 9.08. The number of aromatic nitrogens is 2. The van der Waals surface area contributed by atoms with E-state index in [0.29, 0.717) is 35.4 Å². The number of sulfonamides is 1. The van der Waals surface area contributed by atoms with Gasteiger partial charge >= 0.3 is 0 Å². The van der Waals surface area contributed by atoms with Gasteiger partial charge in [0.2, 0.25) is 10.0 Å². The Morgan fingerprint density at radius 2 is 2.00 bits per heavy atom. The summed E-state index contributed by atoms with van der Waals surface area (Å²) in [6, 6.07) is 0.518. The maximum atomic E-state index is 12.8. The van der Waals surface area contributed by atoms with Gasteiger partial charge in [0.25, 0.3) is 0 Å². The minimum Gasteiger partial charge on any atom is -0.308 e. The van der Waals surface area contributed by atoms with Crippen molar-refractivity contribution in [1.82, 2.24) is 19.8 Å². The lowest BCUT2D eigenvalue weighted by Gasteiger charge is -2.26. The zero-order chi connectivity index (χ0) is 15.8. The molecular weight excluding hydrogens is 288 g/mol. The minimum atomic E-state index is -3.52. The third kappa shape index (κ3) is 4.05. The summed E-state index contributed by atoms with van der Waals surface area (Å²) in [7, 11) is -1.89. The Kier molecular flexibility index (Phi) is 4.46. The molecular formula is C14H26N4O2S. The largest absolute Gasteiger partial charge is 0.308 e. The average Bonchev–Trinajstić information content (AvgIpc) is 3.07. The molecule has 0 amide bonds. The predicted octanol–water partition coefficient (Wildman–Crippen LogP) is 1.64. The van der Waals surface area contributed by atoms with E-state index in [1.165, 1.54) is 4.31 Å². The van der Waals surface area contributed by atoms with E-state index >= 15 is 0 Å². The van der Waals surface area contributed by atoms with Crippen molar-refractivity contribution < 1.29 is 8.42 Å². The molecule has 1 aromatic rings. The van der Waals surface area contributed by atoms with Gasteiger partial charge in [0, 0.05) is 26.2 Å². The first-order valence-corrected chi connectivity index (χ1v) is 8.79. The summed E-state index contributed by atoms with van der Waals surface area (Å²) in [6.07, 6.45) is 2.32. The van der Waals surface area contributed by atoms with Crippen molar-refractivity contribution in [3.63, 3.8) is 0 Å². The number of nitrogens with zero attached hydrogens (tertiary/aromatic N) is 2. The third-order valence-electron chi connectivity index (χ3n) is 3.46. The molecule has 0 bridgehead atoms. The number of aryl methyl sites for hydroxylation is 1. The number of hydrogen-bond donors (Lipinski definition) is 2. The van der Waals surface area contributed by atoms with Gasteiger partial charge in [-0.05, 0) is 25.2 Å². The highest BCUT2D eigenvalue weighted by Crippen LogP contribution is 2.26. The quantitative estimate of drug-likeness (QED) is 0.836. The van der Waals surface area contributed by atoms with Crippen LogP contribution in [-0.2, 0) is 16.6 Å². The lowest BCUT2D eigenvalue weighted by Crippen LogP contribution is -2.35. The van der Waals surface area contributed by atoms with Gasteiger partial charge in [-0.2, -0.15) is 5.10 Å². The smallest absolute Gasteiger partial charge is 0.246 e. The normalized spacial score (nSPS) is 16.7. The zero-order valence-corrected chi connectivity index (χ0v) is 14.3. The van der Waals surface area contributed by atoms with E-state index in [9.17, 15) is 8.42 Å². The van der Waals surface area contributed by atoms with Crippen molar-refractivity contribution in [2.24, 2.45) is 5.41 Å². The number of aromatic amines is 1. The molecule has 1 heterocycles. The van der Waals surface area contributed by atoms with Crippen LogP contribution in [-0.4, -0.2) is 42.6 Å². The third-order valence-corrected chi connectivity index (χ3v) is 5.47. The molecule has 0 aromatic carbocycles. The molecule has 1 saturated carbocycles. The van der Waals surface area contributed by atoms with Gasteiger partial charge in [0.15, 0.2) is 0 Å². The lowest BCUT2D eigenvalue weighted by molar-refractivity contribution is 0.310.